The fourth-order valence-electron chi connectivity index (χ4n) is 3.43. The van der Waals surface area contributed by atoms with E-state index >= 15 is 0 Å². The Morgan fingerprint density at radius 2 is 1.45 bits per heavy atom. The van der Waals surface area contributed by atoms with Gasteiger partial charge < -0.3 is 18.0 Å². The van der Waals surface area contributed by atoms with E-state index in [2.05, 4.69) is 27.7 Å². The van der Waals surface area contributed by atoms with Crippen LogP contribution in [0.15, 0.2) is 0 Å². The van der Waals surface area contributed by atoms with E-state index < -0.39 is 8.80 Å². The highest BCUT2D eigenvalue weighted by atomic mass is 28.4. The molecule has 4 unspecified atom stereocenters. The van der Waals surface area contributed by atoms with Crippen LogP contribution in [-0.4, -0.2) is 40.8 Å². The van der Waals surface area contributed by atoms with Gasteiger partial charge in [0.1, 0.15) is 0 Å². The molecule has 5 heteroatoms. The van der Waals surface area contributed by atoms with Gasteiger partial charge in [-0.15, -0.1) is 0 Å². The maximum atomic E-state index is 6.30. The molecule has 0 spiro atoms. The molecule has 0 radical (unpaired) electrons. The van der Waals surface area contributed by atoms with E-state index in [4.69, 9.17) is 18.0 Å². The van der Waals surface area contributed by atoms with Gasteiger partial charge in [0.2, 0.25) is 0 Å². The highest BCUT2D eigenvalue weighted by Crippen LogP contribution is 2.47. The number of hydrogen-bond acceptors (Lipinski definition) is 4. The third-order valence-corrected chi connectivity index (χ3v) is 8.24. The molecule has 130 valence electrons. The Kier molecular flexibility index (Phi) is 7.34. The molecule has 0 amide bonds. The third kappa shape index (κ3) is 4.54. The molecule has 2 fully saturated rings. The fraction of sp³-hybridized carbons (Fsp3) is 1.00. The van der Waals surface area contributed by atoms with Gasteiger partial charge in [0.25, 0.3) is 0 Å². The van der Waals surface area contributed by atoms with Gasteiger partial charge in [-0.25, -0.2) is 0 Å². The lowest BCUT2D eigenvalue weighted by Gasteiger charge is -2.38. The first-order chi connectivity index (χ1) is 10.7. The van der Waals surface area contributed by atoms with E-state index in [1.807, 2.05) is 0 Å². The molecule has 0 aromatic rings. The maximum absolute atomic E-state index is 6.30. The topological polar surface area (TPSA) is 40.2 Å². The van der Waals surface area contributed by atoms with Crippen molar-refractivity contribution >= 4 is 8.80 Å². The first-order valence-corrected chi connectivity index (χ1v) is 11.0. The lowest BCUT2D eigenvalue weighted by molar-refractivity contribution is 0.0425. The number of ether oxygens (including phenoxy) is 1. The molecule has 22 heavy (non-hydrogen) atoms. The Morgan fingerprint density at radius 1 is 0.909 bits per heavy atom. The van der Waals surface area contributed by atoms with Crippen LogP contribution in [0.3, 0.4) is 0 Å². The second kappa shape index (κ2) is 8.78. The average Bonchev–Trinajstić information content (AvgIpc) is 3.32. The van der Waals surface area contributed by atoms with Gasteiger partial charge in [-0.05, 0) is 44.4 Å². The Hall–Kier alpha value is 0.0569. The summed E-state index contributed by atoms with van der Waals surface area (Å²) in [6.45, 7) is 10.9. The van der Waals surface area contributed by atoms with Gasteiger partial charge in [-0.1, -0.05) is 27.7 Å². The van der Waals surface area contributed by atoms with Gasteiger partial charge in [0.15, 0.2) is 0 Å². The summed E-state index contributed by atoms with van der Waals surface area (Å²) in [6, 6.07) is 0. The normalized spacial score (nSPS) is 29.2. The second-order valence-electron chi connectivity index (χ2n) is 6.72. The third-order valence-electron chi connectivity index (χ3n) is 4.83. The van der Waals surface area contributed by atoms with Crippen LogP contribution in [0.1, 0.15) is 66.2 Å². The van der Waals surface area contributed by atoms with Crippen LogP contribution >= 0.6 is 0 Å². The number of epoxide rings is 1. The van der Waals surface area contributed by atoms with Crippen LogP contribution in [-0.2, 0) is 18.0 Å². The molecule has 0 aromatic heterocycles. The quantitative estimate of drug-likeness (QED) is 0.421. The van der Waals surface area contributed by atoms with Crippen molar-refractivity contribution in [3.63, 3.8) is 0 Å². The van der Waals surface area contributed by atoms with Crippen LogP contribution in [0.5, 0.6) is 0 Å². The van der Waals surface area contributed by atoms with E-state index in [-0.39, 0.29) is 0 Å². The van der Waals surface area contributed by atoms with Crippen LogP contribution in [0.25, 0.3) is 0 Å². The molecule has 2 rings (SSSR count). The lowest BCUT2D eigenvalue weighted by Crippen LogP contribution is -2.52. The zero-order chi connectivity index (χ0) is 16.0. The van der Waals surface area contributed by atoms with Crippen LogP contribution < -0.4 is 0 Å². The molecule has 1 aliphatic carbocycles. The molecule has 4 nitrogen and oxygen atoms in total. The summed E-state index contributed by atoms with van der Waals surface area (Å²) in [5.74, 6) is 0.612. The monoisotopic (exact) mass is 330 g/mol. The van der Waals surface area contributed by atoms with Gasteiger partial charge in [-0.3, -0.25) is 0 Å². The molecule has 1 aliphatic heterocycles. The summed E-state index contributed by atoms with van der Waals surface area (Å²) in [4.78, 5) is 0. The zero-order valence-corrected chi connectivity index (χ0v) is 15.8. The summed E-state index contributed by atoms with van der Waals surface area (Å²) in [7, 11) is -2.62. The van der Waals surface area contributed by atoms with Gasteiger partial charge in [-0.2, -0.15) is 0 Å². The Bertz CT molecular complexity index is 304. The molecule has 1 heterocycles. The standard InChI is InChI=1S/C17H34O4Si/c1-5-10-18-22(19-11-6-2,20-12-7-3)14(4)15-8-9-16-17(13-15)21-16/h14-17H,5-13H2,1-4H3. The predicted molar refractivity (Wildman–Crippen MR) is 89.9 cm³/mol. The van der Waals surface area contributed by atoms with E-state index in [0.29, 0.717) is 23.7 Å². The van der Waals surface area contributed by atoms with Crippen LogP contribution in [0.4, 0.5) is 0 Å². The molecular weight excluding hydrogens is 296 g/mol. The van der Waals surface area contributed by atoms with Gasteiger partial charge >= 0.3 is 8.80 Å². The molecule has 1 saturated heterocycles. The van der Waals surface area contributed by atoms with Crippen molar-refractivity contribution in [2.24, 2.45) is 5.92 Å². The van der Waals surface area contributed by atoms with Crippen molar-refractivity contribution in [3.05, 3.63) is 0 Å². The predicted octanol–water partition coefficient (Wildman–Crippen LogP) is 4.16. The smallest absolute Gasteiger partial charge is 0.373 e. The SMILES string of the molecule is CCCO[Si](OCCC)(OCCC)C(C)C1CCC2OC2C1. The van der Waals surface area contributed by atoms with Crippen molar-refractivity contribution in [2.45, 2.75) is 84.0 Å². The molecule has 2 aliphatic rings. The molecule has 0 aromatic carbocycles. The minimum atomic E-state index is -2.62. The Labute approximate surface area is 137 Å². The maximum Gasteiger partial charge on any atom is 0.504 e. The van der Waals surface area contributed by atoms with Crippen molar-refractivity contribution in [2.75, 3.05) is 19.8 Å². The molecule has 1 saturated carbocycles. The molecule has 0 bridgehead atoms. The Balaban J connectivity index is 2.06. The average molecular weight is 331 g/mol. The van der Waals surface area contributed by atoms with Crippen molar-refractivity contribution in [3.8, 4) is 0 Å². The fourth-order valence-corrected chi connectivity index (χ4v) is 6.81. The minimum absolute atomic E-state index is 0.363. The molecule has 0 N–H and O–H groups in total. The minimum Gasteiger partial charge on any atom is -0.373 e. The molecular formula is C17H34O4Si. The number of rotatable bonds is 11. The van der Waals surface area contributed by atoms with E-state index in [1.54, 1.807) is 0 Å². The summed E-state index contributed by atoms with van der Waals surface area (Å²) < 4.78 is 24.6. The van der Waals surface area contributed by atoms with E-state index in [0.717, 1.165) is 45.5 Å². The zero-order valence-electron chi connectivity index (χ0n) is 14.8. The Morgan fingerprint density at radius 3 is 1.91 bits per heavy atom. The van der Waals surface area contributed by atoms with Gasteiger partial charge in [0.05, 0.1) is 12.2 Å². The van der Waals surface area contributed by atoms with Crippen molar-refractivity contribution in [1.82, 2.24) is 0 Å². The van der Waals surface area contributed by atoms with Gasteiger partial charge in [0, 0.05) is 25.4 Å². The summed E-state index contributed by atoms with van der Waals surface area (Å²) in [5, 5.41) is 0. The summed E-state index contributed by atoms with van der Waals surface area (Å²) in [6.07, 6.45) is 7.62. The highest BCUT2D eigenvalue weighted by molar-refractivity contribution is 6.62. The largest absolute Gasteiger partial charge is 0.504 e. The number of hydrogen-bond donors (Lipinski definition) is 0. The first kappa shape index (κ1) is 18.4. The van der Waals surface area contributed by atoms with E-state index in [9.17, 15) is 0 Å². The van der Waals surface area contributed by atoms with Crippen LogP contribution in [0, 0.1) is 5.92 Å². The van der Waals surface area contributed by atoms with Crippen molar-refractivity contribution < 1.29 is 18.0 Å². The van der Waals surface area contributed by atoms with E-state index in [1.165, 1.54) is 12.8 Å². The van der Waals surface area contributed by atoms with Crippen LogP contribution in [0.2, 0.25) is 5.54 Å². The highest BCUT2D eigenvalue weighted by Gasteiger charge is 2.54. The van der Waals surface area contributed by atoms with Crippen molar-refractivity contribution in [1.29, 1.82) is 0 Å². The second-order valence-corrected chi connectivity index (χ2v) is 9.71. The number of fused-ring (bicyclic) bond motifs is 1. The first-order valence-electron chi connectivity index (χ1n) is 9.24. The molecule has 4 atom stereocenters. The summed E-state index contributed by atoms with van der Waals surface area (Å²) in [5.41, 5.74) is 0.363. The summed E-state index contributed by atoms with van der Waals surface area (Å²) >= 11 is 0. The lowest BCUT2D eigenvalue weighted by atomic mass is 9.87.